The molecule has 0 aliphatic heterocycles. The summed E-state index contributed by atoms with van der Waals surface area (Å²) in [4.78, 5) is 0. The smallest absolute Gasteiger partial charge is 0.0911 e. The fourth-order valence-electron chi connectivity index (χ4n) is 0.866. The lowest BCUT2D eigenvalue weighted by Crippen LogP contribution is -2.03. The first-order valence-corrected chi connectivity index (χ1v) is 6.98. The fourth-order valence-corrected chi connectivity index (χ4v) is 1.83. The quantitative estimate of drug-likeness (QED) is 0.259. The highest BCUT2D eigenvalue weighted by Gasteiger charge is 2.03. The molecule has 1 nitrogen and oxygen atoms in total. The molecule has 0 aromatic carbocycles. The molecule has 0 bridgehead atoms. The van der Waals surface area contributed by atoms with E-state index in [2.05, 4.69) is 13.5 Å². The normalized spacial score (nSPS) is 12.8. The van der Waals surface area contributed by atoms with Gasteiger partial charge in [0, 0.05) is 10.0 Å². The molecule has 0 rings (SSSR count). The van der Waals surface area contributed by atoms with Gasteiger partial charge in [0.1, 0.15) is 0 Å². The highest BCUT2D eigenvalue weighted by Crippen LogP contribution is 2.29. The van der Waals surface area contributed by atoms with E-state index in [0.717, 1.165) is 16.4 Å². The summed E-state index contributed by atoms with van der Waals surface area (Å²) in [6.45, 7) is 5.89. The van der Waals surface area contributed by atoms with Crippen LogP contribution in [0.5, 0.6) is 0 Å². The van der Waals surface area contributed by atoms with Gasteiger partial charge in [-0.05, 0) is 17.1 Å². The Balaban J connectivity index is 3.32. The molecule has 0 aromatic heterocycles. The molecule has 0 saturated carbocycles. The largest absolute Gasteiger partial charge is 0.297 e. The molecule has 0 N–H and O–H groups in total. The van der Waals surface area contributed by atoms with Crippen LogP contribution >= 0.6 is 31.8 Å². The van der Waals surface area contributed by atoms with Gasteiger partial charge >= 0.3 is 0 Å². The van der Waals surface area contributed by atoms with Crippen molar-refractivity contribution >= 4 is 31.8 Å². The molecule has 0 fully saturated rings. The average Bonchev–Trinajstić information content (AvgIpc) is 2.11. The maximum absolute atomic E-state index is 5.38. The number of unbranched alkanes of at least 4 members (excludes halogenated alkanes) is 2. The SMILES string of the molecule is C=CC(CCCCC)OSSCl. The predicted octanol–water partition coefficient (Wildman–Crippen LogP) is 4.59. The van der Waals surface area contributed by atoms with Gasteiger partial charge < -0.3 is 0 Å². The van der Waals surface area contributed by atoms with Crippen molar-refractivity contribution < 1.29 is 4.18 Å². The Morgan fingerprint density at radius 3 is 2.83 bits per heavy atom. The van der Waals surface area contributed by atoms with Crippen LogP contribution in [0.25, 0.3) is 0 Å². The summed E-state index contributed by atoms with van der Waals surface area (Å²) < 4.78 is 5.32. The minimum atomic E-state index is 0.146. The van der Waals surface area contributed by atoms with Crippen molar-refractivity contribution in [2.45, 2.75) is 38.7 Å². The minimum absolute atomic E-state index is 0.146. The number of halogens is 1. The second-order valence-corrected chi connectivity index (χ2v) is 4.87. The Labute approximate surface area is 87.4 Å². The lowest BCUT2D eigenvalue weighted by Gasteiger charge is -2.09. The Bertz CT molecular complexity index is 111. The summed E-state index contributed by atoms with van der Waals surface area (Å²) in [5.74, 6) is 0. The Morgan fingerprint density at radius 1 is 1.58 bits per heavy atom. The van der Waals surface area contributed by atoms with Crippen LogP contribution in [0.2, 0.25) is 0 Å². The van der Waals surface area contributed by atoms with Crippen molar-refractivity contribution in [2.75, 3.05) is 0 Å². The van der Waals surface area contributed by atoms with E-state index in [-0.39, 0.29) is 6.10 Å². The molecular formula is C8H15ClOS2. The molecule has 4 heteroatoms. The van der Waals surface area contributed by atoms with Gasteiger partial charge in [-0.2, -0.15) is 0 Å². The molecule has 1 atom stereocenters. The molecule has 0 aromatic rings. The molecule has 1 unspecified atom stereocenters. The first kappa shape index (κ1) is 12.7. The molecule has 0 amide bonds. The second-order valence-electron chi connectivity index (χ2n) is 2.50. The molecule has 0 aliphatic rings. The van der Waals surface area contributed by atoms with Crippen LogP contribution in [0, 0.1) is 0 Å². The van der Waals surface area contributed by atoms with Crippen molar-refractivity contribution in [1.82, 2.24) is 0 Å². The summed E-state index contributed by atoms with van der Waals surface area (Å²) in [5.41, 5.74) is 0. The lowest BCUT2D eigenvalue weighted by molar-refractivity contribution is 0.281. The van der Waals surface area contributed by atoms with Gasteiger partial charge in [0.15, 0.2) is 0 Å². The van der Waals surface area contributed by atoms with E-state index in [1.165, 1.54) is 30.3 Å². The van der Waals surface area contributed by atoms with Crippen LogP contribution in [-0.4, -0.2) is 6.10 Å². The molecule has 0 aliphatic carbocycles. The highest BCUT2D eigenvalue weighted by atomic mass is 35.7. The molecule has 0 spiro atoms. The van der Waals surface area contributed by atoms with Gasteiger partial charge in [0.05, 0.1) is 17.2 Å². The summed E-state index contributed by atoms with van der Waals surface area (Å²) in [6.07, 6.45) is 6.71. The van der Waals surface area contributed by atoms with Gasteiger partial charge in [0.2, 0.25) is 0 Å². The van der Waals surface area contributed by atoms with Crippen LogP contribution in [0.3, 0.4) is 0 Å². The standard InChI is InChI=1S/C8H15ClOS2/c1-3-5-6-7-8(4-2)10-12-11-9/h4,8H,2-3,5-7H2,1H3. The van der Waals surface area contributed by atoms with Crippen molar-refractivity contribution in [3.05, 3.63) is 12.7 Å². The van der Waals surface area contributed by atoms with Crippen LogP contribution in [-0.2, 0) is 4.18 Å². The van der Waals surface area contributed by atoms with Gasteiger partial charge in [-0.3, -0.25) is 4.18 Å². The van der Waals surface area contributed by atoms with Crippen molar-refractivity contribution in [1.29, 1.82) is 0 Å². The summed E-state index contributed by atoms with van der Waals surface area (Å²) >= 11 is 1.21. The van der Waals surface area contributed by atoms with Crippen LogP contribution in [0.1, 0.15) is 32.6 Å². The summed E-state index contributed by atoms with van der Waals surface area (Å²) in [5, 5.41) is 0. The number of hydrogen-bond donors (Lipinski definition) is 0. The van der Waals surface area contributed by atoms with Crippen LogP contribution in [0.15, 0.2) is 12.7 Å². The maximum Gasteiger partial charge on any atom is 0.0911 e. The Morgan fingerprint density at radius 2 is 2.33 bits per heavy atom. The van der Waals surface area contributed by atoms with E-state index in [9.17, 15) is 0 Å². The third kappa shape index (κ3) is 7.35. The predicted molar refractivity (Wildman–Crippen MR) is 60.2 cm³/mol. The third-order valence-corrected chi connectivity index (χ3v) is 2.77. The third-order valence-electron chi connectivity index (χ3n) is 1.54. The van der Waals surface area contributed by atoms with Gasteiger partial charge in [-0.1, -0.05) is 32.3 Å². The van der Waals surface area contributed by atoms with Crippen molar-refractivity contribution in [3.63, 3.8) is 0 Å². The van der Waals surface area contributed by atoms with Gasteiger partial charge in [0.25, 0.3) is 0 Å². The van der Waals surface area contributed by atoms with Crippen LogP contribution < -0.4 is 0 Å². The van der Waals surface area contributed by atoms with Crippen LogP contribution in [0.4, 0.5) is 0 Å². The van der Waals surface area contributed by atoms with E-state index in [1.54, 1.807) is 0 Å². The zero-order valence-corrected chi connectivity index (χ0v) is 9.68. The van der Waals surface area contributed by atoms with E-state index in [4.69, 9.17) is 14.9 Å². The molecule has 12 heavy (non-hydrogen) atoms. The Hall–Kier alpha value is 0.690. The first-order valence-electron chi connectivity index (χ1n) is 4.08. The molecule has 0 heterocycles. The second kappa shape index (κ2) is 9.78. The van der Waals surface area contributed by atoms with E-state index >= 15 is 0 Å². The maximum atomic E-state index is 5.38. The lowest BCUT2D eigenvalue weighted by atomic mass is 10.1. The summed E-state index contributed by atoms with van der Waals surface area (Å²) in [6, 6.07) is 0. The first-order chi connectivity index (χ1) is 5.85. The summed E-state index contributed by atoms with van der Waals surface area (Å²) in [7, 11) is 6.49. The monoisotopic (exact) mass is 226 g/mol. The van der Waals surface area contributed by atoms with Gasteiger partial charge in [-0.25, -0.2) is 0 Å². The minimum Gasteiger partial charge on any atom is -0.297 e. The van der Waals surface area contributed by atoms with E-state index in [1.807, 2.05) is 6.08 Å². The highest BCUT2D eigenvalue weighted by molar-refractivity contribution is 8.83. The number of hydrogen-bond acceptors (Lipinski definition) is 3. The number of rotatable bonds is 8. The van der Waals surface area contributed by atoms with E-state index < -0.39 is 0 Å². The zero-order chi connectivity index (χ0) is 9.23. The molecule has 72 valence electrons. The van der Waals surface area contributed by atoms with E-state index in [0.29, 0.717) is 0 Å². The molecule has 0 radical (unpaired) electrons. The van der Waals surface area contributed by atoms with Crippen molar-refractivity contribution in [3.8, 4) is 0 Å². The Kier molecular flexibility index (Phi) is 10.3. The molecule has 0 saturated heterocycles. The van der Waals surface area contributed by atoms with Crippen molar-refractivity contribution in [2.24, 2.45) is 0 Å². The van der Waals surface area contributed by atoms with Gasteiger partial charge in [-0.15, -0.1) is 6.58 Å². The zero-order valence-electron chi connectivity index (χ0n) is 7.29. The fraction of sp³-hybridized carbons (Fsp3) is 0.750. The average molecular weight is 227 g/mol. The molecular weight excluding hydrogens is 212 g/mol. The topological polar surface area (TPSA) is 9.23 Å².